The van der Waals surface area contributed by atoms with Gasteiger partial charge in [0.15, 0.2) is 0 Å². The number of rotatable bonds is 3. The zero-order chi connectivity index (χ0) is 13.8. The standard InChI is InChI=1S/C15H15BrN2O/c1-18(2)14-10-6-5-9-13(14)17-15(19)11-7-3-4-8-12(11)16/h3-10H,1-2H3,(H,17,19). The number of carbonyl (C=O) groups excluding carboxylic acids is 1. The number of hydrogen-bond donors (Lipinski definition) is 1. The molecule has 0 fully saturated rings. The summed E-state index contributed by atoms with van der Waals surface area (Å²) >= 11 is 3.39. The van der Waals surface area contributed by atoms with E-state index in [9.17, 15) is 4.79 Å². The predicted molar refractivity (Wildman–Crippen MR) is 82.9 cm³/mol. The summed E-state index contributed by atoms with van der Waals surface area (Å²) in [4.78, 5) is 14.2. The Bertz CT molecular complexity index is 596. The molecule has 0 radical (unpaired) electrons. The molecule has 0 spiro atoms. The maximum Gasteiger partial charge on any atom is 0.256 e. The smallest absolute Gasteiger partial charge is 0.256 e. The van der Waals surface area contributed by atoms with E-state index < -0.39 is 0 Å². The number of nitrogens with one attached hydrogen (secondary N) is 1. The zero-order valence-corrected chi connectivity index (χ0v) is 12.4. The Hall–Kier alpha value is -1.81. The molecule has 0 aliphatic heterocycles. The van der Waals surface area contributed by atoms with Gasteiger partial charge in [-0.2, -0.15) is 0 Å². The molecule has 0 aliphatic rings. The second-order valence-corrected chi connectivity index (χ2v) is 5.20. The summed E-state index contributed by atoms with van der Waals surface area (Å²) in [6, 6.07) is 15.1. The van der Waals surface area contributed by atoms with Crippen LogP contribution in [0.4, 0.5) is 11.4 Å². The monoisotopic (exact) mass is 318 g/mol. The summed E-state index contributed by atoms with van der Waals surface area (Å²) in [6.07, 6.45) is 0. The molecule has 2 rings (SSSR count). The Morgan fingerprint density at radius 2 is 1.68 bits per heavy atom. The average molecular weight is 319 g/mol. The maximum absolute atomic E-state index is 12.3. The van der Waals surface area contributed by atoms with E-state index in [0.29, 0.717) is 5.56 Å². The van der Waals surface area contributed by atoms with Gasteiger partial charge in [-0.1, -0.05) is 24.3 Å². The van der Waals surface area contributed by atoms with E-state index in [1.807, 2.05) is 61.5 Å². The van der Waals surface area contributed by atoms with Crippen molar-refractivity contribution >= 4 is 33.2 Å². The van der Waals surface area contributed by atoms with Gasteiger partial charge in [0.05, 0.1) is 16.9 Å². The molecule has 2 aromatic rings. The van der Waals surface area contributed by atoms with E-state index in [1.165, 1.54) is 0 Å². The van der Waals surface area contributed by atoms with Gasteiger partial charge >= 0.3 is 0 Å². The lowest BCUT2D eigenvalue weighted by atomic mass is 10.2. The van der Waals surface area contributed by atoms with Crippen LogP contribution >= 0.6 is 15.9 Å². The van der Waals surface area contributed by atoms with E-state index in [0.717, 1.165) is 15.8 Å². The number of carbonyl (C=O) groups is 1. The van der Waals surface area contributed by atoms with Crippen LogP contribution in [-0.4, -0.2) is 20.0 Å². The van der Waals surface area contributed by atoms with Crippen LogP contribution < -0.4 is 10.2 Å². The topological polar surface area (TPSA) is 32.3 Å². The summed E-state index contributed by atoms with van der Waals surface area (Å²) in [7, 11) is 3.90. The van der Waals surface area contributed by atoms with Gasteiger partial charge in [0.25, 0.3) is 5.91 Å². The lowest BCUT2D eigenvalue weighted by molar-refractivity contribution is 0.102. The van der Waals surface area contributed by atoms with Crippen LogP contribution in [0.5, 0.6) is 0 Å². The van der Waals surface area contributed by atoms with E-state index in [2.05, 4.69) is 21.2 Å². The van der Waals surface area contributed by atoms with Gasteiger partial charge in [0.1, 0.15) is 0 Å². The number of amides is 1. The lowest BCUT2D eigenvalue weighted by Crippen LogP contribution is -2.16. The van der Waals surface area contributed by atoms with Crippen LogP contribution in [0.25, 0.3) is 0 Å². The van der Waals surface area contributed by atoms with Crippen LogP contribution in [-0.2, 0) is 0 Å². The Morgan fingerprint density at radius 1 is 1.05 bits per heavy atom. The minimum absolute atomic E-state index is 0.123. The third kappa shape index (κ3) is 3.15. The number of hydrogen-bond acceptors (Lipinski definition) is 2. The van der Waals surface area contributed by atoms with Crippen LogP contribution in [0.2, 0.25) is 0 Å². The Balaban J connectivity index is 2.27. The molecular formula is C15H15BrN2O. The second kappa shape index (κ2) is 5.89. The third-order valence-corrected chi connectivity index (χ3v) is 3.44. The molecule has 0 saturated heterocycles. The highest BCUT2D eigenvalue weighted by molar-refractivity contribution is 9.10. The molecule has 3 nitrogen and oxygen atoms in total. The van der Waals surface area contributed by atoms with Gasteiger partial charge in [-0.05, 0) is 40.2 Å². The molecule has 0 bridgehead atoms. The average Bonchev–Trinajstić information content (AvgIpc) is 2.39. The summed E-state index contributed by atoms with van der Waals surface area (Å²) in [5, 5.41) is 2.94. The first-order valence-corrected chi connectivity index (χ1v) is 6.71. The molecule has 0 aliphatic carbocycles. The Kier molecular flexibility index (Phi) is 4.22. The molecule has 4 heteroatoms. The third-order valence-electron chi connectivity index (χ3n) is 2.75. The summed E-state index contributed by atoms with van der Waals surface area (Å²) in [6.45, 7) is 0. The molecule has 0 saturated carbocycles. The molecule has 0 heterocycles. The number of para-hydroxylation sites is 2. The number of anilines is 2. The fourth-order valence-corrected chi connectivity index (χ4v) is 2.27. The van der Waals surface area contributed by atoms with Crippen molar-refractivity contribution in [2.45, 2.75) is 0 Å². The summed E-state index contributed by atoms with van der Waals surface area (Å²) in [5.41, 5.74) is 2.40. The number of nitrogens with zero attached hydrogens (tertiary/aromatic N) is 1. The fourth-order valence-electron chi connectivity index (χ4n) is 1.80. The SMILES string of the molecule is CN(C)c1ccccc1NC(=O)c1ccccc1Br. The van der Waals surface area contributed by atoms with E-state index in [-0.39, 0.29) is 5.91 Å². The van der Waals surface area contributed by atoms with Crippen molar-refractivity contribution in [3.05, 3.63) is 58.6 Å². The van der Waals surface area contributed by atoms with E-state index in [1.54, 1.807) is 6.07 Å². The normalized spacial score (nSPS) is 10.1. The van der Waals surface area contributed by atoms with Crippen molar-refractivity contribution in [2.24, 2.45) is 0 Å². The van der Waals surface area contributed by atoms with Gasteiger partial charge in [-0.3, -0.25) is 4.79 Å². The summed E-state index contributed by atoms with van der Waals surface area (Å²) < 4.78 is 0.787. The Labute approximate surface area is 121 Å². The van der Waals surface area contributed by atoms with E-state index in [4.69, 9.17) is 0 Å². The fraction of sp³-hybridized carbons (Fsp3) is 0.133. The highest BCUT2D eigenvalue weighted by atomic mass is 79.9. The second-order valence-electron chi connectivity index (χ2n) is 4.35. The molecule has 98 valence electrons. The molecule has 1 amide bonds. The van der Waals surface area contributed by atoms with Crippen molar-refractivity contribution in [3.63, 3.8) is 0 Å². The minimum Gasteiger partial charge on any atom is -0.376 e. The van der Waals surface area contributed by atoms with Crippen LogP contribution in [0.3, 0.4) is 0 Å². The van der Waals surface area contributed by atoms with Crippen molar-refractivity contribution in [1.29, 1.82) is 0 Å². The number of halogens is 1. The van der Waals surface area contributed by atoms with Crippen LogP contribution in [0, 0.1) is 0 Å². The van der Waals surface area contributed by atoms with Gasteiger partial charge < -0.3 is 10.2 Å². The van der Waals surface area contributed by atoms with Crippen LogP contribution in [0.1, 0.15) is 10.4 Å². The maximum atomic E-state index is 12.3. The summed E-state index contributed by atoms with van der Waals surface area (Å²) in [5.74, 6) is -0.123. The van der Waals surface area contributed by atoms with Crippen molar-refractivity contribution in [1.82, 2.24) is 0 Å². The number of benzene rings is 2. The van der Waals surface area contributed by atoms with Gasteiger partial charge in [-0.15, -0.1) is 0 Å². The van der Waals surface area contributed by atoms with Gasteiger partial charge in [0.2, 0.25) is 0 Å². The van der Waals surface area contributed by atoms with Crippen molar-refractivity contribution < 1.29 is 4.79 Å². The highest BCUT2D eigenvalue weighted by Gasteiger charge is 2.11. The van der Waals surface area contributed by atoms with E-state index >= 15 is 0 Å². The highest BCUT2D eigenvalue weighted by Crippen LogP contribution is 2.25. The quantitative estimate of drug-likeness (QED) is 0.934. The molecule has 2 aromatic carbocycles. The molecule has 0 unspecified atom stereocenters. The Morgan fingerprint density at radius 3 is 2.37 bits per heavy atom. The molecule has 1 N–H and O–H groups in total. The zero-order valence-electron chi connectivity index (χ0n) is 10.9. The molecule has 19 heavy (non-hydrogen) atoms. The first-order chi connectivity index (χ1) is 9.09. The predicted octanol–water partition coefficient (Wildman–Crippen LogP) is 3.77. The first-order valence-electron chi connectivity index (χ1n) is 5.92. The van der Waals surface area contributed by atoms with Gasteiger partial charge in [0, 0.05) is 18.6 Å². The molecular weight excluding hydrogens is 304 g/mol. The van der Waals surface area contributed by atoms with Crippen molar-refractivity contribution in [2.75, 3.05) is 24.3 Å². The minimum atomic E-state index is -0.123. The largest absolute Gasteiger partial charge is 0.376 e. The molecule has 0 aromatic heterocycles. The van der Waals surface area contributed by atoms with Crippen molar-refractivity contribution in [3.8, 4) is 0 Å². The van der Waals surface area contributed by atoms with Gasteiger partial charge in [-0.25, -0.2) is 0 Å². The lowest BCUT2D eigenvalue weighted by Gasteiger charge is -2.17. The van der Waals surface area contributed by atoms with Crippen LogP contribution in [0.15, 0.2) is 53.0 Å². The first kappa shape index (κ1) is 13.6. The molecule has 0 atom stereocenters.